The first-order valence-electron chi connectivity index (χ1n) is 17.0. The van der Waals surface area contributed by atoms with Gasteiger partial charge in [-0.15, -0.1) is 0 Å². The molecule has 2 nitrogen and oxygen atoms in total. The van der Waals surface area contributed by atoms with Gasteiger partial charge in [0.05, 0.1) is 0 Å². The van der Waals surface area contributed by atoms with Gasteiger partial charge < -0.3 is 10.2 Å². The number of phenols is 2. The zero-order valence-electron chi connectivity index (χ0n) is 27.1. The molecule has 0 bridgehead atoms. The average molecular weight is 639 g/mol. The summed E-state index contributed by atoms with van der Waals surface area (Å²) in [5.41, 5.74) is 4.66. The molecular formula is C48H30O2. The number of hydrogen-bond acceptors (Lipinski definition) is 2. The van der Waals surface area contributed by atoms with Crippen LogP contribution in [0.25, 0.3) is 98.0 Å². The van der Waals surface area contributed by atoms with Crippen LogP contribution in [0.1, 0.15) is 0 Å². The van der Waals surface area contributed by atoms with Crippen LogP contribution in [-0.4, -0.2) is 10.2 Å². The maximum atomic E-state index is 12.8. The fourth-order valence-electron chi connectivity index (χ4n) is 8.17. The van der Waals surface area contributed by atoms with Gasteiger partial charge in [-0.2, -0.15) is 0 Å². The average Bonchev–Trinajstić information content (AvgIpc) is 3.16. The van der Waals surface area contributed by atoms with Crippen molar-refractivity contribution in [3.8, 4) is 44.9 Å². The zero-order valence-corrected chi connectivity index (χ0v) is 27.1. The van der Waals surface area contributed by atoms with E-state index in [0.29, 0.717) is 11.1 Å². The molecule has 0 spiro atoms. The van der Waals surface area contributed by atoms with Crippen LogP contribution in [0.3, 0.4) is 0 Å². The third-order valence-corrected chi connectivity index (χ3v) is 10.4. The number of phenolic OH excluding ortho intramolecular Hbond substituents is 2. The Labute approximate surface area is 288 Å². The molecule has 0 atom stereocenters. The highest BCUT2D eigenvalue weighted by Crippen LogP contribution is 2.54. The molecule has 50 heavy (non-hydrogen) atoms. The van der Waals surface area contributed by atoms with Gasteiger partial charge in [-0.05, 0) is 88.9 Å². The molecule has 0 aliphatic heterocycles. The summed E-state index contributed by atoms with van der Waals surface area (Å²) in [6, 6.07) is 58.4. The van der Waals surface area contributed by atoms with Gasteiger partial charge in [-0.3, -0.25) is 0 Å². The van der Waals surface area contributed by atoms with Crippen molar-refractivity contribution in [3.63, 3.8) is 0 Å². The lowest BCUT2D eigenvalue weighted by Crippen LogP contribution is -1.94. The molecule has 0 fully saturated rings. The first kappa shape index (κ1) is 28.4. The van der Waals surface area contributed by atoms with E-state index >= 15 is 0 Å². The lowest BCUT2D eigenvalue weighted by atomic mass is 9.83. The van der Waals surface area contributed by atoms with Gasteiger partial charge in [0.25, 0.3) is 0 Å². The largest absolute Gasteiger partial charge is 0.507 e. The minimum absolute atomic E-state index is 0.144. The summed E-state index contributed by atoms with van der Waals surface area (Å²) in [6.45, 7) is 0. The van der Waals surface area contributed by atoms with Crippen molar-refractivity contribution in [1.82, 2.24) is 0 Å². The summed E-state index contributed by atoms with van der Waals surface area (Å²) in [7, 11) is 0. The van der Waals surface area contributed by atoms with Gasteiger partial charge in [0.1, 0.15) is 11.5 Å². The van der Waals surface area contributed by atoms with Gasteiger partial charge in [-0.1, -0.05) is 146 Å². The van der Waals surface area contributed by atoms with E-state index in [1.807, 2.05) is 36.4 Å². The maximum absolute atomic E-state index is 12.8. The Hall–Kier alpha value is -6.64. The second-order valence-electron chi connectivity index (χ2n) is 13.1. The lowest BCUT2D eigenvalue weighted by molar-refractivity contribution is 0.472. The van der Waals surface area contributed by atoms with E-state index in [2.05, 4.69) is 133 Å². The number of benzene rings is 10. The Morgan fingerprint density at radius 2 is 0.460 bits per heavy atom. The Kier molecular flexibility index (Phi) is 6.21. The number of hydrogen-bond donors (Lipinski definition) is 2. The second-order valence-corrected chi connectivity index (χ2v) is 13.1. The van der Waals surface area contributed by atoms with Crippen molar-refractivity contribution < 1.29 is 10.2 Å². The Morgan fingerprint density at radius 3 is 0.740 bits per heavy atom. The van der Waals surface area contributed by atoms with Gasteiger partial charge in [-0.25, -0.2) is 0 Å². The monoisotopic (exact) mass is 638 g/mol. The standard InChI is InChI=1S/C48H30O2/c49-47-41(43-35-19-7-1-13-29(35)25-30-14-2-8-20-36(30)43)27-33-17-5-11-23-39(33)45(47)46-40-24-12-6-18-34(40)28-42(48(46)50)44-37-21-9-3-15-31(37)26-32-16-4-10-22-38(32)44/h1-28,49-50H. The summed E-state index contributed by atoms with van der Waals surface area (Å²) in [5, 5.41) is 38.0. The summed E-state index contributed by atoms with van der Waals surface area (Å²) in [6.07, 6.45) is 0. The van der Waals surface area contributed by atoms with E-state index in [1.165, 1.54) is 0 Å². The van der Waals surface area contributed by atoms with Crippen molar-refractivity contribution in [2.45, 2.75) is 0 Å². The van der Waals surface area contributed by atoms with Crippen LogP contribution in [0.4, 0.5) is 0 Å². The molecule has 0 radical (unpaired) electrons. The van der Waals surface area contributed by atoms with Crippen LogP contribution < -0.4 is 0 Å². The smallest absolute Gasteiger partial charge is 0.132 e. The van der Waals surface area contributed by atoms with E-state index in [9.17, 15) is 10.2 Å². The number of aromatic hydroxyl groups is 2. The highest BCUT2D eigenvalue weighted by Gasteiger charge is 2.25. The normalized spacial score (nSPS) is 11.8. The first-order valence-corrected chi connectivity index (χ1v) is 17.0. The summed E-state index contributed by atoms with van der Waals surface area (Å²) < 4.78 is 0. The van der Waals surface area contributed by atoms with Crippen molar-refractivity contribution in [3.05, 3.63) is 170 Å². The minimum atomic E-state index is 0.144. The van der Waals surface area contributed by atoms with Crippen LogP contribution in [-0.2, 0) is 0 Å². The van der Waals surface area contributed by atoms with E-state index in [-0.39, 0.29) is 11.5 Å². The number of rotatable bonds is 3. The highest BCUT2D eigenvalue weighted by molar-refractivity contribution is 6.21. The lowest BCUT2D eigenvalue weighted by Gasteiger charge is -2.21. The summed E-state index contributed by atoms with van der Waals surface area (Å²) in [5.74, 6) is 0.288. The molecule has 0 aliphatic carbocycles. The third-order valence-electron chi connectivity index (χ3n) is 10.4. The van der Waals surface area contributed by atoms with Gasteiger partial charge in [0.15, 0.2) is 0 Å². The molecule has 0 aromatic heterocycles. The summed E-state index contributed by atoms with van der Waals surface area (Å²) in [4.78, 5) is 0. The fraction of sp³-hybridized carbons (Fsp3) is 0. The SMILES string of the molecule is Oc1c(-c2c3ccccc3cc3ccccc23)cc2ccccc2c1-c1c(O)c(-c2c3ccccc3cc3ccccc23)cc2ccccc12. The van der Waals surface area contributed by atoms with Crippen LogP contribution in [0, 0.1) is 0 Å². The van der Waals surface area contributed by atoms with Gasteiger partial charge in [0, 0.05) is 33.4 Å². The predicted molar refractivity (Wildman–Crippen MR) is 211 cm³/mol. The molecule has 0 amide bonds. The molecule has 0 heterocycles. The zero-order chi connectivity index (χ0) is 33.3. The molecule has 2 N–H and O–H groups in total. The Morgan fingerprint density at radius 1 is 0.240 bits per heavy atom. The van der Waals surface area contributed by atoms with Crippen molar-refractivity contribution in [2.75, 3.05) is 0 Å². The van der Waals surface area contributed by atoms with Crippen LogP contribution >= 0.6 is 0 Å². The first-order chi connectivity index (χ1) is 24.7. The van der Waals surface area contributed by atoms with Crippen molar-refractivity contribution >= 4 is 64.6 Å². The van der Waals surface area contributed by atoms with E-state index in [1.54, 1.807) is 0 Å². The maximum Gasteiger partial charge on any atom is 0.132 e. The van der Waals surface area contributed by atoms with Crippen molar-refractivity contribution in [2.24, 2.45) is 0 Å². The quantitative estimate of drug-likeness (QED) is 0.189. The van der Waals surface area contributed by atoms with Gasteiger partial charge >= 0.3 is 0 Å². The van der Waals surface area contributed by atoms with Crippen molar-refractivity contribution in [1.29, 1.82) is 0 Å². The summed E-state index contributed by atoms with van der Waals surface area (Å²) >= 11 is 0. The molecule has 0 saturated heterocycles. The van der Waals surface area contributed by atoms with E-state index in [4.69, 9.17) is 0 Å². The van der Waals surface area contributed by atoms with E-state index < -0.39 is 0 Å². The topological polar surface area (TPSA) is 40.5 Å². The molecule has 10 rings (SSSR count). The molecule has 0 aliphatic rings. The molecule has 234 valence electrons. The molecule has 10 aromatic rings. The second kappa shape index (κ2) is 10.9. The van der Waals surface area contributed by atoms with E-state index in [0.717, 1.165) is 86.9 Å². The molecule has 0 saturated carbocycles. The highest BCUT2D eigenvalue weighted by atomic mass is 16.3. The number of fused-ring (bicyclic) bond motifs is 6. The molecular weight excluding hydrogens is 609 g/mol. The fourth-order valence-corrected chi connectivity index (χ4v) is 8.17. The Balaban J connectivity index is 1.39. The third kappa shape index (κ3) is 4.15. The van der Waals surface area contributed by atoms with Crippen LogP contribution in [0.5, 0.6) is 11.5 Å². The van der Waals surface area contributed by atoms with Gasteiger partial charge in [0.2, 0.25) is 0 Å². The predicted octanol–water partition coefficient (Wildman–Crippen LogP) is 13.0. The molecule has 2 heteroatoms. The minimum Gasteiger partial charge on any atom is -0.507 e. The molecule has 10 aromatic carbocycles. The molecule has 0 unspecified atom stereocenters. The van der Waals surface area contributed by atoms with Crippen LogP contribution in [0.15, 0.2) is 170 Å². The van der Waals surface area contributed by atoms with Crippen LogP contribution in [0.2, 0.25) is 0 Å². The Bertz CT molecular complexity index is 2690.